The third kappa shape index (κ3) is 3.58. The molecule has 1 unspecified atom stereocenters. The van der Waals surface area contributed by atoms with Crippen molar-refractivity contribution < 1.29 is 19.1 Å². The minimum Gasteiger partial charge on any atom is -0.497 e. The van der Waals surface area contributed by atoms with Gasteiger partial charge < -0.3 is 19.7 Å². The summed E-state index contributed by atoms with van der Waals surface area (Å²) in [5, 5.41) is 2.96. The molecule has 0 bridgehead atoms. The zero-order valence-electron chi connectivity index (χ0n) is 17.3. The van der Waals surface area contributed by atoms with E-state index in [-0.39, 0.29) is 11.9 Å². The first-order chi connectivity index (χ1) is 14.5. The number of nitrogens with one attached hydrogen (secondary N) is 1. The van der Waals surface area contributed by atoms with E-state index in [4.69, 9.17) is 9.47 Å². The van der Waals surface area contributed by atoms with Gasteiger partial charge in [0.2, 0.25) is 0 Å². The van der Waals surface area contributed by atoms with Gasteiger partial charge in [-0.1, -0.05) is 24.3 Å². The fraction of sp³-hybridized carbons (Fsp3) is 0.304. The highest BCUT2D eigenvalue weighted by molar-refractivity contribution is 6.01. The number of rotatable bonds is 6. The highest BCUT2D eigenvalue weighted by atomic mass is 16.5. The number of urea groups is 1. The van der Waals surface area contributed by atoms with Gasteiger partial charge in [0.05, 0.1) is 38.1 Å². The number of hydrogen-bond donors (Lipinski definition) is 1. The topological polar surface area (TPSA) is 71.1 Å². The molecular formula is C23H25N3O4. The van der Waals surface area contributed by atoms with Gasteiger partial charge in [-0.15, -0.1) is 0 Å². The summed E-state index contributed by atoms with van der Waals surface area (Å²) in [5.41, 5.74) is 3.38. The summed E-state index contributed by atoms with van der Waals surface area (Å²) in [6.45, 7) is 1.01. The number of nitrogens with zero attached hydrogens (tertiary/aromatic N) is 2. The highest BCUT2D eigenvalue weighted by Crippen LogP contribution is 2.36. The van der Waals surface area contributed by atoms with E-state index in [1.807, 2.05) is 53.4 Å². The number of hydrogen-bond acceptors (Lipinski definition) is 4. The molecule has 4 rings (SSSR count). The fourth-order valence-electron chi connectivity index (χ4n) is 3.91. The maximum absolute atomic E-state index is 13.3. The second-order valence-electron chi connectivity index (χ2n) is 7.40. The Labute approximate surface area is 175 Å². The Kier molecular flexibility index (Phi) is 5.35. The Morgan fingerprint density at radius 1 is 0.967 bits per heavy atom. The molecule has 0 aliphatic carbocycles. The number of carbonyl (C=O) groups is 2. The molecule has 1 atom stereocenters. The van der Waals surface area contributed by atoms with Crippen LogP contribution in [0.2, 0.25) is 0 Å². The average Bonchev–Trinajstić information content (AvgIpc) is 3.12. The smallest absolute Gasteiger partial charge is 0.322 e. The molecule has 0 saturated carbocycles. The quantitative estimate of drug-likeness (QED) is 0.799. The highest BCUT2D eigenvalue weighted by Gasteiger charge is 2.42. The summed E-state index contributed by atoms with van der Waals surface area (Å²) in [6.07, 6.45) is 0.731. The van der Waals surface area contributed by atoms with E-state index >= 15 is 0 Å². The van der Waals surface area contributed by atoms with Crippen LogP contribution in [0.25, 0.3) is 0 Å². The average molecular weight is 407 g/mol. The predicted molar refractivity (Wildman–Crippen MR) is 112 cm³/mol. The van der Waals surface area contributed by atoms with Crippen molar-refractivity contribution >= 4 is 11.9 Å². The first-order valence-electron chi connectivity index (χ1n) is 9.85. The number of amides is 3. The zero-order valence-corrected chi connectivity index (χ0v) is 17.3. The molecule has 2 aromatic carbocycles. The van der Waals surface area contributed by atoms with Crippen LogP contribution in [0.3, 0.4) is 0 Å². The van der Waals surface area contributed by atoms with Crippen molar-refractivity contribution in [3.05, 3.63) is 70.9 Å². The Hall–Kier alpha value is -3.48. The summed E-state index contributed by atoms with van der Waals surface area (Å²) in [6, 6.07) is 14.6. The molecule has 7 heteroatoms. The second kappa shape index (κ2) is 8.10. The first kappa shape index (κ1) is 19.8. The van der Waals surface area contributed by atoms with Crippen molar-refractivity contribution in [1.29, 1.82) is 0 Å². The third-order valence-electron chi connectivity index (χ3n) is 5.71. The molecule has 0 fully saturated rings. The summed E-state index contributed by atoms with van der Waals surface area (Å²) in [5.74, 6) is 1.50. The second-order valence-corrected chi connectivity index (χ2v) is 7.40. The van der Waals surface area contributed by atoms with E-state index in [1.54, 1.807) is 26.2 Å². The van der Waals surface area contributed by atoms with Crippen molar-refractivity contribution in [1.82, 2.24) is 15.1 Å². The molecule has 0 spiro atoms. The van der Waals surface area contributed by atoms with Crippen molar-refractivity contribution in [2.45, 2.75) is 12.5 Å². The molecule has 2 aromatic rings. The minimum atomic E-state index is -0.465. The summed E-state index contributed by atoms with van der Waals surface area (Å²) in [7, 11) is 4.95. The van der Waals surface area contributed by atoms with Crippen LogP contribution in [-0.2, 0) is 11.2 Å². The van der Waals surface area contributed by atoms with Gasteiger partial charge in [-0.25, -0.2) is 4.79 Å². The van der Waals surface area contributed by atoms with E-state index in [2.05, 4.69) is 5.32 Å². The Morgan fingerprint density at radius 2 is 1.57 bits per heavy atom. The van der Waals surface area contributed by atoms with Gasteiger partial charge in [0.1, 0.15) is 11.5 Å². The molecule has 2 heterocycles. The lowest BCUT2D eigenvalue weighted by Crippen LogP contribution is -2.45. The van der Waals surface area contributed by atoms with E-state index in [9.17, 15) is 9.59 Å². The van der Waals surface area contributed by atoms with Crippen molar-refractivity contribution in [2.75, 3.05) is 34.4 Å². The Balaban J connectivity index is 1.54. The van der Waals surface area contributed by atoms with Gasteiger partial charge in [-0.3, -0.25) is 9.69 Å². The third-order valence-corrected chi connectivity index (χ3v) is 5.71. The standard InChI is InChI=1S/C23H25N3O4/c1-25-19-14-26(13-12-15-4-8-17(29-2)9-5-15)22(27)20(19)21(24-23(25)28)16-6-10-18(30-3)11-7-16/h4-11,21H,12-14H2,1-3H3,(H,24,28). The van der Waals surface area contributed by atoms with Gasteiger partial charge in [-0.05, 0) is 41.8 Å². The molecule has 3 amide bonds. The Bertz CT molecular complexity index is 983. The van der Waals surface area contributed by atoms with Gasteiger partial charge >= 0.3 is 6.03 Å². The van der Waals surface area contributed by atoms with Crippen LogP contribution in [0.1, 0.15) is 17.2 Å². The maximum atomic E-state index is 13.3. The summed E-state index contributed by atoms with van der Waals surface area (Å²) >= 11 is 0. The lowest BCUT2D eigenvalue weighted by molar-refractivity contribution is -0.125. The minimum absolute atomic E-state index is 0.0359. The van der Waals surface area contributed by atoms with E-state index in [0.717, 1.165) is 34.7 Å². The van der Waals surface area contributed by atoms with E-state index in [0.29, 0.717) is 18.7 Å². The monoisotopic (exact) mass is 407 g/mol. The molecule has 0 radical (unpaired) electrons. The van der Waals surface area contributed by atoms with Gasteiger partial charge in [0.15, 0.2) is 0 Å². The first-order valence-corrected chi connectivity index (χ1v) is 9.85. The lowest BCUT2D eigenvalue weighted by Gasteiger charge is -2.31. The number of benzene rings is 2. The van der Waals surface area contributed by atoms with Crippen molar-refractivity contribution in [3.8, 4) is 11.5 Å². The Morgan fingerprint density at radius 3 is 2.17 bits per heavy atom. The van der Waals surface area contributed by atoms with E-state index in [1.165, 1.54) is 0 Å². The van der Waals surface area contributed by atoms with Crippen LogP contribution in [0.5, 0.6) is 11.5 Å². The SMILES string of the molecule is COc1ccc(CCN2CC3=C(C2=O)C(c2ccc(OC)cc2)NC(=O)N3C)cc1. The fourth-order valence-corrected chi connectivity index (χ4v) is 3.91. The van der Waals surface area contributed by atoms with Crippen LogP contribution < -0.4 is 14.8 Å². The van der Waals surface area contributed by atoms with Crippen LogP contribution in [0.4, 0.5) is 4.79 Å². The van der Waals surface area contributed by atoms with E-state index < -0.39 is 6.04 Å². The van der Waals surface area contributed by atoms with Crippen LogP contribution in [0, 0.1) is 0 Å². The van der Waals surface area contributed by atoms with Gasteiger partial charge in [0.25, 0.3) is 5.91 Å². The summed E-state index contributed by atoms with van der Waals surface area (Å²) in [4.78, 5) is 29.1. The number of methoxy groups -OCH3 is 2. The lowest BCUT2D eigenvalue weighted by atomic mass is 9.95. The number of ether oxygens (including phenoxy) is 2. The normalized spacial score (nSPS) is 18.4. The molecule has 156 valence electrons. The largest absolute Gasteiger partial charge is 0.497 e. The van der Waals surface area contributed by atoms with Gasteiger partial charge in [-0.2, -0.15) is 0 Å². The molecule has 0 aromatic heterocycles. The molecule has 1 N–H and O–H groups in total. The van der Waals surface area contributed by atoms with Crippen LogP contribution in [0.15, 0.2) is 59.8 Å². The molecule has 0 saturated heterocycles. The summed E-state index contributed by atoms with van der Waals surface area (Å²) < 4.78 is 10.4. The van der Waals surface area contributed by atoms with Crippen LogP contribution >= 0.6 is 0 Å². The molecular weight excluding hydrogens is 382 g/mol. The molecule has 2 aliphatic rings. The molecule has 7 nitrogen and oxygen atoms in total. The number of carbonyl (C=O) groups excluding carboxylic acids is 2. The van der Waals surface area contributed by atoms with Gasteiger partial charge in [0, 0.05) is 13.6 Å². The van der Waals surface area contributed by atoms with Crippen molar-refractivity contribution in [2.24, 2.45) is 0 Å². The zero-order chi connectivity index (χ0) is 21.3. The van der Waals surface area contributed by atoms with Crippen LogP contribution in [-0.4, -0.2) is 56.1 Å². The maximum Gasteiger partial charge on any atom is 0.322 e. The molecule has 2 aliphatic heterocycles. The molecule has 30 heavy (non-hydrogen) atoms. The van der Waals surface area contributed by atoms with Crippen molar-refractivity contribution in [3.63, 3.8) is 0 Å². The number of likely N-dealkylation sites (N-methyl/N-ethyl adjacent to an activating group) is 1. The predicted octanol–water partition coefficient (Wildman–Crippen LogP) is 2.74.